The minimum Gasteiger partial charge on any atom is -0.351 e. The predicted octanol–water partition coefficient (Wildman–Crippen LogP) is 0.170. The minimum atomic E-state index is -3.19. The highest BCUT2D eigenvalue weighted by molar-refractivity contribution is 7.93. The van der Waals surface area contributed by atoms with Crippen LogP contribution in [0.5, 0.6) is 0 Å². The molecule has 0 aromatic heterocycles. The van der Waals surface area contributed by atoms with Gasteiger partial charge in [-0.2, -0.15) is 0 Å². The number of sulfonamides is 1. The van der Waals surface area contributed by atoms with E-state index in [9.17, 15) is 13.2 Å². The molecule has 1 aromatic rings. The molecule has 25 heavy (non-hydrogen) atoms. The number of aryl methyl sites for hydroxylation is 1. The van der Waals surface area contributed by atoms with Crippen molar-refractivity contribution in [2.75, 3.05) is 55.9 Å². The quantitative estimate of drug-likeness (QED) is 0.776. The maximum absolute atomic E-state index is 12.4. The molecule has 8 heteroatoms. The van der Waals surface area contributed by atoms with Gasteiger partial charge in [0, 0.05) is 51.4 Å². The van der Waals surface area contributed by atoms with Gasteiger partial charge in [0.2, 0.25) is 10.0 Å². The van der Waals surface area contributed by atoms with Gasteiger partial charge in [0.15, 0.2) is 0 Å². The lowest BCUT2D eigenvalue weighted by Crippen LogP contribution is -2.46. The molecule has 1 amide bonds. The number of carbonyl (C=O) groups excluding carboxylic acids is 1. The van der Waals surface area contributed by atoms with Gasteiger partial charge in [-0.3, -0.25) is 14.0 Å². The van der Waals surface area contributed by atoms with Crippen molar-refractivity contribution >= 4 is 21.6 Å². The second-order valence-corrected chi connectivity index (χ2v) is 8.60. The van der Waals surface area contributed by atoms with Crippen LogP contribution in [0.15, 0.2) is 18.2 Å². The summed E-state index contributed by atoms with van der Waals surface area (Å²) in [6, 6.07) is 5.23. The SMILES string of the molecule is Cc1cc(N2CCCS2(=O)=O)ccc1C(=O)NCCN1CCNCC1. The average Bonchev–Trinajstić information content (AvgIpc) is 2.95. The van der Waals surface area contributed by atoms with Gasteiger partial charge in [0.25, 0.3) is 5.91 Å². The molecule has 0 saturated carbocycles. The summed E-state index contributed by atoms with van der Waals surface area (Å²) in [4.78, 5) is 14.7. The number of carbonyl (C=O) groups is 1. The lowest BCUT2D eigenvalue weighted by molar-refractivity contribution is 0.0946. The molecule has 3 rings (SSSR count). The summed E-state index contributed by atoms with van der Waals surface area (Å²) in [5, 5.41) is 6.27. The van der Waals surface area contributed by atoms with Crippen LogP contribution in [0.25, 0.3) is 0 Å². The molecule has 1 aromatic carbocycles. The van der Waals surface area contributed by atoms with Crippen molar-refractivity contribution in [1.29, 1.82) is 0 Å². The number of nitrogens with one attached hydrogen (secondary N) is 2. The Morgan fingerprint density at radius 2 is 2.00 bits per heavy atom. The van der Waals surface area contributed by atoms with Crippen LogP contribution in [0.4, 0.5) is 5.69 Å². The molecule has 2 fully saturated rings. The predicted molar refractivity (Wildman–Crippen MR) is 98.6 cm³/mol. The van der Waals surface area contributed by atoms with Gasteiger partial charge in [-0.05, 0) is 37.1 Å². The Labute approximate surface area is 149 Å². The normalized spacial score (nSPS) is 20.6. The Hall–Kier alpha value is -1.64. The average molecular weight is 366 g/mol. The van der Waals surface area contributed by atoms with Crippen LogP contribution in [-0.2, 0) is 10.0 Å². The second-order valence-electron chi connectivity index (χ2n) is 6.59. The summed E-state index contributed by atoms with van der Waals surface area (Å²) in [5.41, 5.74) is 2.03. The number of rotatable bonds is 5. The van der Waals surface area contributed by atoms with Crippen molar-refractivity contribution in [3.63, 3.8) is 0 Å². The van der Waals surface area contributed by atoms with Gasteiger partial charge in [0.1, 0.15) is 0 Å². The number of amides is 1. The van der Waals surface area contributed by atoms with Crippen LogP contribution in [0, 0.1) is 6.92 Å². The van der Waals surface area contributed by atoms with Crippen molar-refractivity contribution in [2.45, 2.75) is 13.3 Å². The summed E-state index contributed by atoms with van der Waals surface area (Å²) >= 11 is 0. The standard InChI is InChI=1S/C17H26N4O3S/c1-14-13-15(21-8-2-12-25(21,23)24)3-4-16(14)17(22)19-7-11-20-9-5-18-6-10-20/h3-4,13,18H,2,5-12H2,1H3,(H,19,22). The summed E-state index contributed by atoms with van der Waals surface area (Å²) in [7, 11) is -3.19. The molecular formula is C17H26N4O3S. The molecule has 2 N–H and O–H groups in total. The Morgan fingerprint density at radius 1 is 1.24 bits per heavy atom. The first kappa shape index (κ1) is 18.2. The Balaban J connectivity index is 1.59. The third kappa shape index (κ3) is 4.31. The zero-order valence-electron chi connectivity index (χ0n) is 14.6. The lowest BCUT2D eigenvalue weighted by Gasteiger charge is -2.27. The van der Waals surface area contributed by atoms with Crippen LogP contribution in [-0.4, -0.2) is 70.8 Å². The van der Waals surface area contributed by atoms with Crippen LogP contribution < -0.4 is 14.9 Å². The van der Waals surface area contributed by atoms with E-state index in [1.807, 2.05) is 6.92 Å². The maximum Gasteiger partial charge on any atom is 0.251 e. The Morgan fingerprint density at radius 3 is 2.64 bits per heavy atom. The smallest absolute Gasteiger partial charge is 0.251 e. The van der Waals surface area contributed by atoms with E-state index in [1.165, 1.54) is 4.31 Å². The van der Waals surface area contributed by atoms with Gasteiger partial charge in [0.05, 0.1) is 11.4 Å². The van der Waals surface area contributed by atoms with Crippen molar-refractivity contribution in [3.8, 4) is 0 Å². The molecule has 2 saturated heterocycles. The number of hydrogen-bond acceptors (Lipinski definition) is 5. The summed E-state index contributed by atoms with van der Waals surface area (Å²) in [5.74, 6) is 0.0868. The number of hydrogen-bond donors (Lipinski definition) is 2. The van der Waals surface area contributed by atoms with Crippen LogP contribution in [0.2, 0.25) is 0 Å². The van der Waals surface area contributed by atoms with Crippen molar-refractivity contribution in [2.24, 2.45) is 0 Å². The number of piperazine rings is 1. The molecule has 0 radical (unpaired) electrons. The van der Waals surface area contributed by atoms with Crippen LogP contribution >= 0.6 is 0 Å². The van der Waals surface area contributed by atoms with Crippen molar-refractivity contribution < 1.29 is 13.2 Å². The third-order valence-corrected chi connectivity index (χ3v) is 6.63. The Kier molecular flexibility index (Phi) is 5.61. The summed E-state index contributed by atoms with van der Waals surface area (Å²) in [6.07, 6.45) is 0.648. The highest BCUT2D eigenvalue weighted by Gasteiger charge is 2.28. The molecule has 7 nitrogen and oxygen atoms in total. The Bertz CT molecular complexity index is 729. The highest BCUT2D eigenvalue weighted by atomic mass is 32.2. The van der Waals surface area contributed by atoms with Gasteiger partial charge in [-0.1, -0.05) is 0 Å². The molecule has 0 bridgehead atoms. The largest absolute Gasteiger partial charge is 0.351 e. The van der Waals surface area contributed by atoms with Gasteiger partial charge >= 0.3 is 0 Å². The fourth-order valence-corrected chi connectivity index (χ4v) is 4.90. The zero-order valence-corrected chi connectivity index (χ0v) is 15.4. The zero-order chi connectivity index (χ0) is 17.9. The van der Waals surface area contributed by atoms with Crippen molar-refractivity contribution in [1.82, 2.24) is 15.5 Å². The molecule has 2 aliphatic heterocycles. The first-order chi connectivity index (χ1) is 12.0. The summed E-state index contributed by atoms with van der Waals surface area (Å²) < 4.78 is 25.5. The number of benzene rings is 1. The van der Waals surface area contributed by atoms with Gasteiger partial charge in [-0.15, -0.1) is 0 Å². The third-order valence-electron chi connectivity index (χ3n) is 4.77. The van der Waals surface area contributed by atoms with E-state index in [2.05, 4.69) is 15.5 Å². The maximum atomic E-state index is 12.4. The molecule has 138 valence electrons. The minimum absolute atomic E-state index is 0.108. The van der Waals surface area contributed by atoms with Gasteiger partial charge < -0.3 is 10.6 Å². The molecule has 0 unspecified atom stereocenters. The van der Waals surface area contributed by atoms with E-state index in [4.69, 9.17) is 0 Å². The number of nitrogens with zero attached hydrogens (tertiary/aromatic N) is 2. The highest BCUT2D eigenvalue weighted by Crippen LogP contribution is 2.26. The van der Waals surface area contributed by atoms with E-state index >= 15 is 0 Å². The fourth-order valence-electron chi connectivity index (χ4n) is 3.34. The topological polar surface area (TPSA) is 81.8 Å². The van der Waals surface area contributed by atoms with E-state index in [0.717, 1.165) is 38.3 Å². The molecule has 0 atom stereocenters. The molecule has 2 heterocycles. The van der Waals surface area contributed by atoms with E-state index in [1.54, 1.807) is 18.2 Å². The monoisotopic (exact) mass is 366 g/mol. The fraction of sp³-hybridized carbons (Fsp3) is 0.588. The molecule has 0 aliphatic carbocycles. The first-order valence-corrected chi connectivity index (χ1v) is 10.4. The van der Waals surface area contributed by atoms with Crippen LogP contribution in [0.1, 0.15) is 22.3 Å². The second kappa shape index (κ2) is 7.72. The van der Waals surface area contributed by atoms with E-state index < -0.39 is 10.0 Å². The first-order valence-electron chi connectivity index (χ1n) is 8.80. The molecular weight excluding hydrogens is 340 g/mol. The summed E-state index contributed by atoms with van der Waals surface area (Å²) in [6.45, 7) is 7.82. The molecule has 2 aliphatic rings. The number of anilines is 1. The van der Waals surface area contributed by atoms with Crippen molar-refractivity contribution in [3.05, 3.63) is 29.3 Å². The lowest BCUT2D eigenvalue weighted by atomic mass is 10.1. The van der Waals surface area contributed by atoms with Gasteiger partial charge in [-0.25, -0.2) is 8.42 Å². The van der Waals surface area contributed by atoms with E-state index in [-0.39, 0.29) is 11.7 Å². The van der Waals surface area contributed by atoms with Crippen LogP contribution in [0.3, 0.4) is 0 Å². The van der Waals surface area contributed by atoms with E-state index in [0.29, 0.717) is 30.8 Å². The molecule has 0 spiro atoms.